The first-order chi connectivity index (χ1) is 6.34. The van der Waals surface area contributed by atoms with E-state index in [1.807, 2.05) is 18.2 Å². The Hall–Kier alpha value is -1.33. The predicted molar refractivity (Wildman–Crippen MR) is 53.8 cm³/mol. The van der Waals surface area contributed by atoms with Gasteiger partial charge in [0.25, 0.3) is 0 Å². The molecule has 0 bridgehead atoms. The van der Waals surface area contributed by atoms with E-state index in [0.717, 1.165) is 25.0 Å². The van der Waals surface area contributed by atoms with Crippen LogP contribution in [0.4, 0.5) is 0 Å². The fourth-order valence-corrected chi connectivity index (χ4v) is 1.17. The first-order valence-corrected chi connectivity index (χ1v) is 4.44. The third-order valence-corrected chi connectivity index (χ3v) is 1.90. The van der Waals surface area contributed by atoms with Crippen LogP contribution in [0.1, 0.15) is 31.0 Å². The van der Waals surface area contributed by atoms with Crippen molar-refractivity contribution in [2.45, 2.75) is 25.3 Å². The van der Waals surface area contributed by atoms with Gasteiger partial charge in [0.05, 0.1) is 5.69 Å². The molecular weight excluding hydrogens is 160 g/mol. The zero-order chi connectivity index (χ0) is 9.52. The van der Waals surface area contributed by atoms with E-state index in [1.165, 1.54) is 0 Å². The molecule has 68 valence electrons. The zero-order valence-electron chi connectivity index (χ0n) is 7.61. The number of hydrogen-bond donors (Lipinski definition) is 1. The summed E-state index contributed by atoms with van der Waals surface area (Å²) in [6, 6.07) is 5.80. The largest absolute Gasteiger partial charge is 0.323 e. The summed E-state index contributed by atoms with van der Waals surface area (Å²) in [7, 11) is 0. The first kappa shape index (κ1) is 9.76. The maximum Gasteiger partial charge on any atom is 0.0570 e. The molecule has 0 saturated carbocycles. The molecule has 0 amide bonds. The minimum Gasteiger partial charge on any atom is -0.323 e. The molecule has 0 radical (unpaired) electrons. The molecule has 0 saturated heterocycles. The van der Waals surface area contributed by atoms with E-state index in [9.17, 15) is 0 Å². The lowest BCUT2D eigenvalue weighted by Crippen LogP contribution is -2.11. The minimum absolute atomic E-state index is 0.0227. The molecule has 1 unspecified atom stereocenters. The Morgan fingerprint density at radius 2 is 2.38 bits per heavy atom. The standard InChI is InChI=1S/C11H14N2/c1-2-3-4-7-10(12)11-8-5-6-9-13-11/h1,5-6,8-10H,3-4,7,12H2. The fraction of sp³-hybridized carbons (Fsp3) is 0.364. The lowest BCUT2D eigenvalue weighted by Gasteiger charge is -2.08. The third-order valence-electron chi connectivity index (χ3n) is 1.90. The van der Waals surface area contributed by atoms with Crippen molar-refractivity contribution in [3.05, 3.63) is 30.1 Å². The van der Waals surface area contributed by atoms with Gasteiger partial charge in [-0.3, -0.25) is 4.98 Å². The predicted octanol–water partition coefficient (Wildman–Crippen LogP) is 1.88. The summed E-state index contributed by atoms with van der Waals surface area (Å²) in [5, 5.41) is 0. The van der Waals surface area contributed by atoms with E-state index < -0.39 is 0 Å². The minimum atomic E-state index is 0.0227. The molecule has 0 fully saturated rings. The van der Waals surface area contributed by atoms with Gasteiger partial charge in [-0.2, -0.15) is 0 Å². The highest BCUT2D eigenvalue weighted by atomic mass is 14.8. The van der Waals surface area contributed by atoms with E-state index in [-0.39, 0.29) is 6.04 Å². The molecule has 1 atom stereocenters. The topological polar surface area (TPSA) is 38.9 Å². The Balaban J connectivity index is 2.41. The average molecular weight is 174 g/mol. The van der Waals surface area contributed by atoms with Crippen LogP contribution in [0, 0.1) is 12.3 Å². The molecule has 1 aromatic heterocycles. The van der Waals surface area contributed by atoms with Crippen LogP contribution in [-0.2, 0) is 0 Å². The number of terminal acetylenes is 1. The first-order valence-electron chi connectivity index (χ1n) is 4.44. The van der Waals surface area contributed by atoms with Gasteiger partial charge in [0.15, 0.2) is 0 Å². The van der Waals surface area contributed by atoms with Gasteiger partial charge < -0.3 is 5.73 Å². The Morgan fingerprint density at radius 1 is 1.54 bits per heavy atom. The molecule has 2 N–H and O–H groups in total. The maximum absolute atomic E-state index is 5.90. The van der Waals surface area contributed by atoms with Crippen molar-refractivity contribution in [1.82, 2.24) is 4.98 Å². The SMILES string of the molecule is C#CCCCC(N)c1ccccn1. The van der Waals surface area contributed by atoms with Gasteiger partial charge in [-0.1, -0.05) is 6.07 Å². The second-order valence-electron chi connectivity index (χ2n) is 2.96. The zero-order valence-corrected chi connectivity index (χ0v) is 7.61. The summed E-state index contributed by atoms with van der Waals surface area (Å²) in [6.07, 6.45) is 9.57. The monoisotopic (exact) mass is 174 g/mol. The van der Waals surface area contributed by atoms with Crippen molar-refractivity contribution < 1.29 is 0 Å². The molecule has 0 spiro atoms. The van der Waals surface area contributed by atoms with Gasteiger partial charge in [-0.25, -0.2) is 0 Å². The molecule has 1 rings (SSSR count). The fourth-order valence-electron chi connectivity index (χ4n) is 1.17. The van der Waals surface area contributed by atoms with Crippen LogP contribution in [0.3, 0.4) is 0 Å². The normalized spacial score (nSPS) is 12.0. The maximum atomic E-state index is 5.90. The molecule has 1 heterocycles. The van der Waals surface area contributed by atoms with Gasteiger partial charge in [-0.05, 0) is 25.0 Å². The molecule has 0 aliphatic carbocycles. The Bertz CT molecular complexity index is 274. The van der Waals surface area contributed by atoms with E-state index in [4.69, 9.17) is 12.2 Å². The van der Waals surface area contributed by atoms with Crippen molar-refractivity contribution >= 4 is 0 Å². The van der Waals surface area contributed by atoms with Crippen LogP contribution in [-0.4, -0.2) is 4.98 Å². The summed E-state index contributed by atoms with van der Waals surface area (Å²) in [4.78, 5) is 4.18. The molecule has 1 aromatic rings. The van der Waals surface area contributed by atoms with Crippen molar-refractivity contribution in [2.75, 3.05) is 0 Å². The van der Waals surface area contributed by atoms with Crippen LogP contribution in [0.15, 0.2) is 24.4 Å². The highest BCUT2D eigenvalue weighted by Crippen LogP contribution is 2.13. The van der Waals surface area contributed by atoms with Crippen molar-refractivity contribution in [1.29, 1.82) is 0 Å². The molecule has 0 aromatic carbocycles. The number of pyridine rings is 1. The van der Waals surface area contributed by atoms with E-state index in [1.54, 1.807) is 6.20 Å². The molecular formula is C11H14N2. The smallest absolute Gasteiger partial charge is 0.0570 e. The number of rotatable bonds is 4. The summed E-state index contributed by atoms with van der Waals surface area (Å²) in [5.41, 5.74) is 6.85. The van der Waals surface area contributed by atoms with Crippen LogP contribution < -0.4 is 5.73 Å². The van der Waals surface area contributed by atoms with Crippen LogP contribution in [0.5, 0.6) is 0 Å². The number of hydrogen-bond acceptors (Lipinski definition) is 2. The van der Waals surface area contributed by atoms with Crippen LogP contribution in [0.2, 0.25) is 0 Å². The third kappa shape index (κ3) is 3.27. The van der Waals surface area contributed by atoms with Gasteiger partial charge in [0.1, 0.15) is 0 Å². The second kappa shape index (κ2) is 5.34. The Kier molecular flexibility index (Phi) is 4.01. The average Bonchev–Trinajstić information content (AvgIpc) is 2.19. The highest BCUT2D eigenvalue weighted by molar-refractivity contribution is 5.07. The summed E-state index contributed by atoms with van der Waals surface area (Å²) in [5.74, 6) is 2.60. The molecule has 13 heavy (non-hydrogen) atoms. The van der Waals surface area contributed by atoms with Crippen LogP contribution in [0.25, 0.3) is 0 Å². The molecule has 2 nitrogen and oxygen atoms in total. The van der Waals surface area contributed by atoms with Gasteiger partial charge in [0, 0.05) is 18.7 Å². The number of nitrogens with two attached hydrogens (primary N) is 1. The summed E-state index contributed by atoms with van der Waals surface area (Å²) >= 11 is 0. The Labute approximate surface area is 79.2 Å². The number of aromatic nitrogens is 1. The molecule has 0 aliphatic heterocycles. The number of nitrogens with zero attached hydrogens (tertiary/aromatic N) is 1. The number of unbranched alkanes of at least 4 members (excludes halogenated alkanes) is 1. The van der Waals surface area contributed by atoms with Gasteiger partial charge >= 0.3 is 0 Å². The van der Waals surface area contributed by atoms with Crippen molar-refractivity contribution in [3.8, 4) is 12.3 Å². The Morgan fingerprint density at radius 3 is 3.00 bits per heavy atom. The lowest BCUT2D eigenvalue weighted by atomic mass is 10.1. The summed E-state index contributed by atoms with van der Waals surface area (Å²) in [6.45, 7) is 0. The van der Waals surface area contributed by atoms with Crippen molar-refractivity contribution in [2.24, 2.45) is 5.73 Å². The van der Waals surface area contributed by atoms with Crippen molar-refractivity contribution in [3.63, 3.8) is 0 Å². The summed E-state index contributed by atoms with van der Waals surface area (Å²) < 4.78 is 0. The van der Waals surface area contributed by atoms with E-state index in [0.29, 0.717) is 0 Å². The lowest BCUT2D eigenvalue weighted by molar-refractivity contribution is 0.606. The van der Waals surface area contributed by atoms with Crippen LogP contribution >= 0.6 is 0 Å². The van der Waals surface area contributed by atoms with Gasteiger partial charge in [0.2, 0.25) is 0 Å². The molecule has 2 heteroatoms. The quantitative estimate of drug-likeness (QED) is 0.559. The molecule has 0 aliphatic rings. The second-order valence-corrected chi connectivity index (χ2v) is 2.96. The highest BCUT2D eigenvalue weighted by Gasteiger charge is 2.04. The van der Waals surface area contributed by atoms with Gasteiger partial charge in [-0.15, -0.1) is 12.3 Å². The van der Waals surface area contributed by atoms with E-state index in [2.05, 4.69) is 10.9 Å². The van der Waals surface area contributed by atoms with E-state index >= 15 is 0 Å².